The van der Waals surface area contributed by atoms with E-state index in [1.165, 1.54) is 10.8 Å². The molecule has 0 atom stereocenters. The predicted molar refractivity (Wildman–Crippen MR) is 88.2 cm³/mol. The molecule has 0 aliphatic carbocycles. The standard InChI is InChI=1S/C17H15N5/c1-2-22-17-15(10-20-22)16(18-11-19-17)21-14-8-7-12-5-3-4-6-13(12)9-14/h3-11H,2H2,1H3,(H,18,19,21). The smallest absolute Gasteiger partial charge is 0.163 e. The molecule has 22 heavy (non-hydrogen) atoms. The summed E-state index contributed by atoms with van der Waals surface area (Å²) in [7, 11) is 0. The summed E-state index contributed by atoms with van der Waals surface area (Å²) in [5.74, 6) is 0.778. The molecule has 4 rings (SSSR count). The van der Waals surface area contributed by atoms with E-state index in [-0.39, 0.29) is 0 Å². The van der Waals surface area contributed by atoms with Crippen LogP contribution in [0.3, 0.4) is 0 Å². The van der Waals surface area contributed by atoms with Crippen molar-refractivity contribution in [1.82, 2.24) is 19.7 Å². The number of aryl methyl sites for hydroxylation is 1. The normalized spacial score (nSPS) is 11.1. The Kier molecular flexibility index (Phi) is 2.96. The molecule has 0 amide bonds. The molecule has 2 aromatic heterocycles. The number of anilines is 2. The van der Waals surface area contributed by atoms with Gasteiger partial charge in [-0.3, -0.25) is 0 Å². The second-order valence-electron chi connectivity index (χ2n) is 5.11. The lowest BCUT2D eigenvalue weighted by atomic mass is 10.1. The first-order valence-electron chi connectivity index (χ1n) is 7.27. The quantitative estimate of drug-likeness (QED) is 0.624. The molecule has 0 unspecified atom stereocenters. The molecule has 5 nitrogen and oxygen atoms in total. The van der Waals surface area contributed by atoms with Crippen LogP contribution in [-0.4, -0.2) is 19.7 Å². The van der Waals surface area contributed by atoms with E-state index >= 15 is 0 Å². The molecule has 0 spiro atoms. The molecule has 0 aliphatic heterocycles. The first kappa shape index (κ1) is 12.8. The van der Waals surface area contributed by atoms with Crippen LogP contribution in [0.2, 0.25) is 0 Å². The molecule has 0 saturated carbocycles. The first-order chi connectivity index (χ1) is 10.8. The Morgan fingerprint density at radius 2 is 1.91 bits per heavy atom. The molecule has 4 aromatic rings. The minimum Gasteiger partial charge on any atom is -0.339 e. The third-order valence-electron chi connectivity index (χ3n) is 3.75. The third-order valence-corrected chi connectivity index (χ3v) is 3.75. The predicted octanol–water partition coefficient (Wildman–Crippen LogP) is 3.74. The molecule has 108 valence electrons. The minimum absolute atomic E-state index is 0.778. The van der Waals surface area contributed by atoms with Crippen LogP contribution in [0.25, 0.3) is 21.8 Å². The summed E-state index contributed by atoms with van der Waals surface area (Å²) < 4.78 is 1.86. The van der Waals surface area contributed by atoms with Crippen LogP contribution < -0.4 is 5.32 Å². The largest absolute Gasteiger partial charge is 0.339 e. The number of hydrogen-bond donors (Lipinski definition) is 1. The van der Waals surface area contributed by atoms with E-state index in [2.05, 4.69) is 50.7 Å². The van der Waals surface area contributed by atoms with Crippen LogP contribution >= 0.6 is 0 Å². The molecule has 5 heteroatoms. The number of benzene rings is 2. The van der Waals surface area contributed by atoms with Gasteiger partial charge in [0.2, 0.25) is 0 Å². The molecule has 0 bridgehead atoms. The Bertz CT molecular complexity index is 958. The van der Waals surface area contributed by atoms with E-state index in [0.29, 0.717) is 0 Å². The van der Waals surface area contributed by atoms with Gasteiger partial charge in [-0.2, -0.15) is 5.10 Å². The van der Waals surface area contributed by atoms with Crippen molar-refractivity contribution in [3.8, 4) is 0 Å². The highest BCUT2D eigenvalue weighted by Crippen LogP contribution is 2.25. The molecule has 0 radical (unpaired) electrons. The van der Waals surface area contributed by atoms with Crippen molar-refractivity contribution >= 4 is 33.3 Å². The molecule has 2 heterocycles. The maximum Gasteiger partial charge on any atom is 0.163 e. The van der Waals surface area contributed by atoms with Crippen LogP contribution in [0.1, 0.15) is 6.92 Å². The van der Waals surface area contributed by atoms with Crippen molar-refractivity contribution in [3.63, 3.8) is 0 Å². The lowest BCUT2D eigenvalue weighted by molar-refractivity contribution is 0.676. The van der Waals surface area contributed by atoms with Gasteiger partial charge in [0.1, 0.15) is 12.1 Å². The minimum atomic E-state index is 0.778. The summed E-state index contributed by atoms with van der Waals surface area (Å²) in [6.45, 7) is 2.83. The highest BCUT2D eigenvalue weighted by atomic mass is 15.3. The second-order valence-corrected chi connectivity index (χ2v) is 5.11. The van der Waals surface area contributed by atoms with Gasteiger partial charge < -0.3 is 5.32 Å². The fourth-order valence-corrected chi connectivity index (χ4v) is 2.63. The Hall–Kier alpha value is -2.95. The van der Waals surface area contributed by atoms with Gasteiger partial charge in [-0.1, -0.05) is 30.3 Å². The second kappa shape index (κ2) is 5.11. The zero-order chi connectivity index (χ0) is 14.9. The van der Waals surface area contributed by atoms with E-state index in [4.69, 9.17) is 0 Å². The number of nitrogens with one attached hydrogen (secondary N) is 1. The first-order valence-corrected chi connectivity index (χ1v) is 7.27. The van der Waals surface area contributed by atoms with Crippen LogP contribution in [0.4, 0.5) is 11.5 Å². The Morgan fingerprint density at radius 3 is 2.77 bits per heavy atom. The van der Waals surface area contributed by atoms with E-state index in [0.717, 1.165) is 29.1 Å². The van der Waals surface area contributed by atoms with Gasteiger partial charge in [-0.05, 0) is 29.8 Å². The van der Waals surface area contributed by atoms with Gasteiger partial charge in [-0.15, -0.1) is 0 Å². The highest BCUT2D eigenvalue weighted by Gasteiger charge is 2.09. The molecular weight excluding hydrogens is 274 g/mol. The Balaban J connectivity index is 1.77. The van der Waals surface area contributed by atoms with Gasteiger partial charge in [-0.25, -0.2) is 14.6 Å². The van der Waals surface area contributed by atoms with Gasteiger partial charge in [0.25, 0.3) is 0 Å². The summed E-state index contributed by atoms with van der Waals surface area (Å²) in [4.78, 5) is 8.67. The van der Waals surface area contributed by atoms with Crippen LogP contribution in [0.5, 0.6) is 0 Å². The number of aromatic nitrogens is 4. The van der Waals surface area contributed by atoms with E-state index < -0.39 is 0 Å². The van der Waals surface area contributed by atoms with Gasteiger partial charge in [0, 0.05) is 12.2 Å². The van der Waals surface area contributed by atoms with Gasteiger partial charge in [0.05, 0.1) is 11.6 Å². The lowest BCUT2D eigenvalue weighted by Crippen LogP contribution is -1.99. The molecule has 0 fully saturated rings. The molecule has 2 aromatic carbocycles. The van der Waals surface area contributed by atoms with Crippen molar-refractivity contribution in [3.05, 3.63) is 55.0 Å². The van der Waals surface area contributed by atoms with E-state index in [1.54, 1.807) is 6.33 Å². The average molecular weight is 289 g/mol. The topological polar surface area (TPSA) is 55.6 Å². The summed E-state index contributed by atoms with van der Waals surface area (Å²) in [6, 6.07) is 14.6. The van der Waals surface area contributed by atoms with Crippen molar-refractivity contribution in [2.75, 3.05) is 5.32 Å². The Morgan fingerprint density at radius 1 is 1.05 bits per heavy atom. The van der Waals surface area contributed by atoms with Crippen LogP contribution in [-0.2, 0) is 6.54 Å². The molecular formula is C17H15N5. The van der Waals surface area contributed by atoms with Crippen molar-refractivity contribution in [2.45, 2.75) is 13.5 Å². The van der Waals surface area contributed by atoms with E-state index in [9.17, 15) is 0 Å². The van der Waals surface area contributed by atoms with Crippen LogP contribution in [0.15, 0.2) is 55.0 Å². The van der Waals surface area contributed by atoms with E-state index in [1.807, 2.05) is 29.9 Å². The highest BCUT2D eigenvalue weighted by molar-refractivity contribution is 5.91. The molecule has 1 N–H and O–H groups in total. The molecule has 0 saturated heterocycles. The Labute approximate surface area is 127 Å². The maximum absolute atomic E-state index is 4.35. The zero-order valence-corrected chi connectivity index (χ0v) is 12.2. The molecule has 0 aliphatic rings. The number of nitrogens with zero attached hydrogens (tertiary/aromatic N) is 4. The summed E-state index contributed by atoms with van der Waals surface area (Å²) in [6.07, 6.45) is 3.38. The SMILES string of the molecule is CCn1ncc2c(Nc3ccc4ccccc4c3)ncnc21. The van der Waals surface area contributed by atoms with Crippen molar-refractivity contribution < 1.29 is 0 Å². The maximum atomic E-state index is 4.35. The number of rotatable bonds is 3. The van der Waals surface area contributed by atoms with Gasteiger partial charge >= 0.3 is 0 Å². The van der Waals surface area contributed by atoms with Crippen molar-refractivity contribution in [1.29, 1.82) is 0 Å². The average Bonchev–Trinajstić information content (AvgIpc) is 2.99. The van der Waals surface area contributed by atoms with Crippen molar-refractivity contribution in [2.24, 2.45) is 0 Å². The third kappa shape index (κ3) is 2.07. The summed E-state index contributed by atoms with van der Waals surface area (Å²) >= 11 is 0. The fourth-order valence-electron chi connectivity index (χ4n) is 2.63. The monoisotopic (exact) mass is 289 g/mol. The van der Waals surface area contributed by atoms with Crippen LogP contribution in [0, 0.1) is 0 Å². The summed E-state index contributed by atoms with van der Waals surface area (Å²) in [5, 5.41) is 11.1. The number of hydrogen-bond acceptors (Lipinski definition) is 4. The van der Waals surface area contributed by atoms with Gasteiger partial charge in [0.15, 0.2) is 5.65 Å². The lowest BCUT2D eigenvalue weighted by Gasteiger charge is -2.08. The number of fused-ring (bicyclic) bond motifs is 2. The zero-order valence-electron chi connectivity index (χ0n) is 12.2. The summed E-state index contributed by atoms with van der Waals surface area (Å²) in [5.41, 5.74) is 1.85. The fraction of sp³-hybridized carbons (Fsp3) is 0.118.